The maximum Gasteiger partial charge on any atom is 0.339 e. The maximum absolute atomic E-state index is 12.8. The summed E-state index contributed by atoms with van der Waals surface area (Å²) in [6.45, 7) is 1.52. The van der Waals surface area contributed by atoms with Crippen LogP contribution < -0.4 is 5.32 Å². The smallest absolute Gasteiger partial charge is 0.339 e. The number of rotatable bonds is 3. The number of fused-ring (bicyclic) bond motifs is 1. The van der Waals surface area contributed by atoms with E-state index in [-0.39, 0.29) is 17.7 Å². The molecule has 1 N–H and O–H groups in total. The molecule has 2 aromatic carbocycles. The number of methoxy groups -OCH3 is 1. The van der Waals surface area contributed by atoms with E-state index in [9.17, 15) is 14.4 Å². The Labute approximate surface area is 155 Å². The molecule has 26 heavy (non-hydrogen) atoms. The molecule has 0 aromatic heterocycles. The van der Waals surface area contributed by atoms with Crippen molar-refractivity contribution in [2.24, 2.45) is 0 Å². The fraction of sp³-hybridized carbons (Fsp3) is 0.211. The van der Waals surface area contributed by atoms with Crippen molar-refractivity contribution in [3.05, 3.63) is 64.2 Å². The van der Waals surface area contributed by atoms with Crippen LogP contribution in [0.25, 0.3) is 0 Å². The zero-order valence-corrected chi connectivity index (χ0v) is 14.9. The zero-order chi connectivity index (χ0) is 18.9. The van der Waals surface area contributed by atoms with Gasteiger partial charge < -0.3 is 14.8 Å². The van der Waals surface area contributed by atoms with Gasteiger partial charge in [0.25, 0.3) is 5.91 Å². The fourth-order valence-electron chi connectivity index (χ4n) is 2.83. The predicted octanol–water partition coefficient (Wildman–Crippen LogP) is 3.24. The number of benzene rings is 2. The van der Waals surface area contributed by atoms with Crippen LogP contribution in [0.1, 0.15) is 33.2 Å². The number of hydrogen-bond donors (Lipinski definition) is 1. The molecule has 6 nitrogen and oxygen atoms in total. The third-order valence-electron chi connectivity index (χ3n) is 4.19. The lowest BCUT2D eigenvalue weighted by atomic mass is 9.89. The Morgan fingerprint density at radius 3 is 2.69 bits per heavy atom. The molecule has 0 aliphatic carbocycles. The molecule has 134 valence electrons. The van der Waals surface area contributed by atoms with Gasteiger partial charge in [-0.15, -0.1) is 0 Å². The zero-order valence-electron chi connectivity index (χ0n) is 14.2. The van der Waals surface area contributed by atoms with Crippen molar-refractivity contribution in [3.63, 3.8) is 0 Å². The molecule has 0 bridgehead atoms. The van der Waals surface area contributed by atoms with Crippen molar-refractivity contribution in [1.82, 2.24) is 0 Å². The number of amides is 1. The van der Waals surface area contributed by atoms with Gasteiger partial charge in [-0.2, -0.15) is 0 Å². The molecule has 0 spiro atoms. The Kier molecular flexibility index (Phi) is 4.70. The number of halogens is 1. The van der Waals surface area contributed by atoms with E-state index >= 15 is 0 Å². The highest BCUT2D eigenvalue weighted by molar-refractivity contribution is 6.30. The Bertz CT molecular complexity index is 911. The van der Waals surface area contributed by atoms with Crippen LogP contribution in [-0.4, -0.2) is 30.6 Å². The summed E-state index contributed by atoms with van der Waals surface area (Å²) in [6.07, 6.45) is 0.168. The second-order valence-corrected chi connectivity index (χ2v) is 6.53. The number of nitrogens with one attached hydrogen (secondary N) is 1. The van der Waals surface area contributed by atoms with E-state index in [4.69, 9.17) is 21.1 Å². The summed E-state index contributed by atoms with van der Waals surface area (Å²) in [5, 5.41) is 3.12. The van der Waals surface area contributed by atoms with Gasteiger partial charge >= 0.3 is 11.9 Å². The molecular weight excluding hydrogens is 358 g/mol. The molecule has 3 rings (SSSR count). The SMILES string of the molecule is COC(=O)c1ccccc1NC(=O)[C@]1(C)Cc2cc(Cl)ccc2C(=O)O1. The summed E-state index contributed by atoms with van der Waals surface area (Å²) in [6, 6.07) is 11.2. The largest absolute Gasteiger partial charge is 0.465 e. The summed E-state index contributed by atoms with van der Waals surface area (Å²) in [4.78, 5) is 36.9. The number of carbonyl (C=O) groups is 3. The standard InChI is InChI=1S/C19H16ClNO5/c1-19(10-11-9-12(20)7-8-13(11)17(23)26-19)18(24)21-15-6-4-3-5-14(15)16(22)25-2/h3-9H,10H2,1-2H3,(H,21,24)/t19-/m0/s1. The van der Waals surface area contributed by atoms with E-state index in [1.54, 1.807) is 36.4 Å². The predicted molar refractivity (Wildman–Crippen MR) is 95.4 cm³/mol. The van der Waals surface area contributed by atoms with Crippen LogP contribution in [-0.2, 0) is 20.7 Å². The Hall–Kier alpha value is -2.86. The molecule has 2 aromatic rings. The average molecular weight is 374 g/mol. The minimum Gasteiger partial charge on any atom is -0.465 e. The molecule has 7 heteroatoms. The van der Waals surface area contributed by atoms with Crippen molar-refractivity contribution in [3.8, 4) is 0 Å². The molecule has 1 amide bonds. The third kappa shape index (κ3) is 3.28. The lowest BCUT2D eigenvalue weighted by Crippen LogP contribution is -2.49. The van der Waals surface area contributed by atoms with Crippen LogP contribution in [0.15, 0.2) is 42.5 Å². The number of carbonyl (C=O) groups excluding carboxylic acids is 3. The number of ether oxygens (including phenoxy) is 2. The summed E-state index contributed by atoms with van der Waals surface area (Å²) >= 11 is 5.99. The first-order chi connectivity index (χ1) is 12.3. The highest BCUT2D eigenvalue weighted by Crippen LogP contribution is 2.31. The maximum atomic E-state index is 12.8. The quantitative estimate of drug-likeness (QED) is 0.835. The first kappa shape index (κ1) is 17.9. The molecule has 1 heterocycles. The topological polar surface area (TPSA) is 81.7 Å². The van der Waals surface area contributed by atoms with Gasteiger partial charge in [0.1, 0.15) is 0 Å². The van der Waals surface area contributed by atoms with Crippen LogP contribution >= 0.6 is 11.6 Å². The molecule has 0 saturated heterocycles. The van der Waals surface area contributed by atoms with Crippen molar-refractivity contribution in [1.29, 1.82) is 0 Å². The Morgan fingerprint density at radius 1 is 1.23 bits per heavy atom. The molecule has 1 aliphatic heterocycles. The number of para-hydroxylation sites is 1. The number of esters is 2. The first-order valence-corrected chi connectivity index (χ1v) is 8.22. The van der Waals surface area contributed by atoms with Gasteiger partial charge in [-0.1, -0.05) is 23.7 Å². The van der Waals surface area contributed by atoms with Gasteiger partial charge in [-0.3, -0.25) is 4.79 Å². The van der Waals surface area contributed by atoms with E-state index < -0.39 is 23.4 Å². The van der Waals surface area contributed by atoms with Crippen molar-refractivity contribution in [2.75, 3.05) is 12.4 Å². The second-order valence-electron chi connectivity index (χ2n) is 6.09. The van der Waals surface area contributed by atoms with Crippen LogP contribution in [0.5, 0.6) is 0 Å². The molecule has 1 atom stereocenters. The fourth-order valence-corrected chi connectivity index (χ4v) is 3.02. The van der Waals surface area contributed by atoms with E-state index in [1.807, 2.05) is 0 Å². The second kappa shape index (κ2) is 6.80. The summed E-state index contributed by atoms with van der Waals surface area (Å²) < 4.78 is 10.1. The molecule has 0 unspecified atom stereocenters. The van der Waals surface area contributed by atoms with Gasteiger partial charge in [0.05, 0.1) is 23.9 Å². The summed E-state index contributed by atoms with van der Waals surface area (Å²) in [5.74, 6) is -1.72. The van der Waals surface area contributed by atoms with Crippen LogP contribution in [0.4, 0.5) is 5.69 Å². The van der Waals surface area contributed by atoms with Crippen molar-refractivity contribution < 1.29 is 23.9 Å². The van der Waals surface area contributed by atoms with Gasteiger partial charge in [0.2, 0.25) is 0 Å². The lowest BCUT2D eigenvalue weighted by Gasteiger charge is -2.33. The van der Waals surface area contributed by atoms with Crippen LogP contribution in [0, 0.1) is 0 Å². The average Bonchev–Trinajstić information content (AvgIpc) is 2.61. The number of anilines is 1. The van der Waals surface area contributed by atoms with Crippen molar-refractivity contribution in [2.45, 2.75) is 18.9 Å². The normalized spacial score (nSPS) is 18.5. The minimum atomic E-state index is -1.43. The molecule has 0 fully saturated rings. The third-order valence-corrected chi connectivity index (χ3v) is 4.43. The number of hydrogen-bond acceptors (Lipinski definition) is 5. The monoisotopic (exact) mass is 373 g/mol. The van der Waals surface area contributed by atoms with E-state index in [1.165, 1.54) is 20.1 Å². The number of cyclic esters (lactones) is 1. The van der Waals surface area contributed by atoms with Crippen molar-refractivity contribution >= 4 is 35.1 Å². The summed E-state index contributed by atoms with van der Waals surface area (Å²) in [7, 11) is 1.26. The Balaban J connectivity index is 1.89. The molecule has 1 aliphatic rings. The highest BCUT2D eigenvalue weighted by atomic mass is 35.5. The lowest BCUT2D eigenvalue weighted by molar-refractivity contribution is -0.134. The van der Waals surface area contributed by atoms with Gasteiger partial charge in [0, 0.05) is 11.4 Å². The molecule has 0 saturated carbocycles. The van der Waals surface area contributed by atoms with E-state index in [0.717, 1.165) is 0 Å². The summed E-state index contributed by atoms with van der Waals surface area (Å²) in [5.41, 5.74) is 0.0659. The van der Waals surface area contributed by atoms with Crippen LogP contribution in [0.3, 0.4) is 0 Å². The Morgan fingerprint density at radius 2 is 1.96 bits per heavy atom. The van der Waals surface area contributed by atoms with Gasteiger partial charge in [-0.25, -0.2) is 9.59 Å². The van der Waals surface area contributed by atoms with E-state index in [2.05, 4.69) is 5.32 Å². The minimum absolute atomic E-state index is 0.168. The van der Waals surface area contributed by atoms with Crippen LogP contribution in [0.2, 0.25) is 5.02 Å². The van der Waals surface area contributed by atoms with Gasteiger partial charge in [-0.05, 0) is 42.8 Å². The van der Waals surface area contributed by atoms with E-state index in [0.29, 0.717) is 16.1 Å². The highest BCUT2D eigenvalue weighted by Gasteiger charge is 2.43. The molecule has 0 radical (unpaired) electrons. The first-order valence-electron chi connectivity index (χ1n) is 7.84. The molecular formula is C19H16ClNO5. The van der Waals surface area contributed by atoms with Gasteiger partial charge in [0.15, 0.2) is 5.60 Å².